The number of carbonyl (C=O) groups is 2. The number of unbranched alkanes of at least 4 members (excludes halogenated alkanes) is 33. The maximum absolute atomic E-state index is 12.7. The molecule has 9 nitrogen and oxygen atoms in total. The Balaban J connectivity index is 4.11. The molecule has 0 saturated carbocycles. The molecular formula is C49H99NO8P+. The van der Waals surface area contributed by atoms with Gasteiger partial charge in [-0.05, 0) is 12.8 Å². The Kier molecular flexibility index (Phi) is 41.6. The van der Waals surface area contributed by atoms with Gasteiger partial charge in [0.15, 0.2) is 6.10 Å². The van der Waals surface area contributed by atoms with Crippen molar-refractivity contribution < 1.29 is 42.1 Å². The number of ether oxygens (including phenoxy) is 2. The molecule has 0 fully saturated rings. The SMILES string of the molecule is CCCCCCCCCCCCCCCCCCCCCCCCCC(=O)OCC(COP(=O)(O)OCC[N+](C)(C)C)OC(=O)CCCCCCCCCCCCCC. The average Bonchev–Trinajstić information content (AvgIpc) is 3.19. The van der Waals surface area contributed by atoms with Crippen molar-refractivity contribution in [2.75, 3.05) is 47.5 Å². The summed E-state index contributed by atoms with van der Waals surface area (Å²) in [5, 5.41) is 0. The molecule has 2 unspecified atom stereocenters. The van der Waals surface area contributed by atoms with Gasteiger partial charge in [-0.3, -0.25) is 18.6 Å². The summed E-state index contributed by atoms with van der Waals surface area (Å²) in [6.45, 7) is 4.47. The fraction of sp³-hybridized carbons (Fsp3) is 0.959. The number of nitrogens with zero attached hydrogens (tertiary/aromatic N) is 1. The van der Waals surface area contributed by atoms with Crippen LogP contribution in [-0.2, 0) is 32.7 Å². The van der Waals surface area contributed by atoms with Crippen LogP contribution in [0.2, 0.25) is 0 Å². The van der Waals surface area contributed by atoms with Crippen molar-refractivity contribution in [3.63, 3.8) is 0 Å². The highest BCUT2D eigenvalue weighted by molar-refractivity contribution is 7.47. The molecule has 0 aromatic carbocycles. The molecule has 0 amide bonds. The lowest BCUT2D eigenvalue weighted by Gasteiger charge is -2.24. The number of phosphoric ester groups is 1. The zero-order valence-electron chi connectivity index (χ0n) is 39.8. The summed E-state index contributed by atoms with van der Waals surface area (Å²) in [7, 11) is 1.50. The van der Waals surface area contributed by atoms with Gasteiger partial charge in [0, 0.05) is 12.8 Å². The van der Waals surface area contributed by atoms with E-state index in [1.807, 2.05) is 21.1 Å². The zero-order valence-corrected chi connectivity index (χ0v) is 40.7. The molecule has 0 aliphatic carbocycles. The highest BCUT2D eigenvalue weighted by Gasteiger charge is 2.27. The standard InChI is InChI=1S/C49H98NO8P/c1-6-8-10-12-14-16-18-20-21-22-23-24-25-26-27-28-29-30-32-33-35-37-39-41-48(51)55-45-47(46-57-59(53,54)56-44-43-50(3,4)5)58-49(52)42-40-38-36-34-31-19-17-15-13-11-9-7-2/h47H,6-46H2,1-5H3/p+1. The van der Waals surface area contributed by atoms with Crippen molar-refractivity contribution in [3.05, 3.63) is 0 Å². The Labute approximate surface area is 365 Å². The van der Waals surface area contributed by atoms with E-state index in [-0.39, 0.29) is 25.6 Å². The van der Waals surface area contributed by atoms with Crippen LogP contribution in [0, 0.1) is 0 Å². The summed E-state index contributed by atoms with van der Waals surface area (Å²) in [6, 6.07) is 0. The molecule has 2 atom stereocenters. The number of rotatable bonds is 47. The number of phosphoric acid groups is 1. The third-order valence-corrected chi connectivity index (χ3v) is 12.4. The van der Waals surface area contributed by atoms with Crippen LogP contribution >= 0.6 is 7.82 Å². The highest BCUT2D eigenvalue weighted by atomic mass is 31.2. The van der Waals surface area contributed by atoms with Crippen molar-refractivity contribution in [1.29, 1.82) is 0 Å². The predicted molar refractivity (Wildman–Crippen MR) is 248 cm³/mol. The fourth-order valence-corrected chi connectivity index (χ4v) is 8.17. The lowest BCUT2D eigenvalue weighted by molar-refractivity contribution is -0.870. The first-order valence-electron chi connectivity index (χ1n) is 25.3. The van der Waals surface area contributed by atoms with E-state index in [0.717, 1.165) is 38.5 Å². The summed E-state index contributed by atoms with van der Waals surface area (Å²) < 4.78 is 34.4. The van der Waals surface area contributed by atoms with Crippen molar-refractivity contribution in [3.8, 4) is 0 Å². The molecule has 0 bridgehead atoms. The van der Waals surface area contributed by atoms with Crippen LogP contribution in [0.3, 0.4) is 0 Å². The van der Waals surface area contributed by atoms with Crippen LogP contribution in [-0.4, -0.2) is 74.9 Å². The summed E-state index contributed by atoms with van der Waals surface area (Å²) in [5.41, 5.74) is 0. The Bertz CT molecular complexity index is 974. The zero-order chi connectivity index (χ0) is 43.6. The van der Waals surface area contributed by atoms with E-state index in [1.54, 1.807) is 0 Å². The second kappa shape index (κ2) is 42.3. The molecule has 352 valence electrons. The Morgan fingerprint density at radius 1 is 0.458 bits per heavy atom. The Morgan fingerprint density at radius 3 is 1.08 bits per heavy atom. The van der Waals surface area contributed by atoms with Crippen LogP contribution in [0.5, 0.6) is 0 Å². The average molecular weight is 861 g/mol. The van der Waals surface area contributed by atoms with Crippen molar-refractivity contribution in [2.45, 2.75) is 258 Å². The van der Waals surface area contributed by atoms with Crippen LogP contribution in [0.1, 0.15) is 251 Å². The van der Waals surface area contributed by atoms with Crippen molar-refractivity contribution in [1.82, 2.24) is 0 Å². The predicted octanol–water partition coefficient (Wildman–Crippen LogP) is 14.8. The first kappa shape index (κ1) is 58.0. The molecule has 0 heterocycles. The molecule has 59 heavy (non-hydrogen) atoms. The molecule has 0 aliphatic heterocycles. The van der Waals surface area contributed by atoms with E-state index in [2.05, 4.69) is 13.8 Å². The minimum Gasteiger partial charge on any atom is -0.462 e. The number of esters is 2. The van der Waals surface area contributed by atoms with Gasteiger partial charge in [0.05, 0.1) is 27.7 Å². The summed E-state index contributed by atoms with van der Waals surface area (Å²) in [4.78, 5) is 35.4. The Morgan fingerprint density at radius 2 is 0.763 bits per heavy atom. The van der Waals surface area contributed by atoms with Crippen LogP contribution in [0.4, 0.5) is 0 Å². The topological polar surface area (TPSA) is 108 Å². The van der Waals surface area contributed by atoms with Crippen molar-refractivity contribution >= 4 is 19.8 Å². The fourth-order valence-electron chi connectivity index (χ4n) is 7.43. The number of hydrogen-bond donors (Lipinski definition) is 1. The van der Waals surface area contributed by atoms with Crippen LogP contribution < -0.4 is 0 Å². The lowest BCUT2D eigenvalue weighted by atomic mass is 10.0. The van der Waals surface area contributed by atoms with E-state index in [1.165, 1.54) is 186 Å². The summed E-state index contributed by atoms with van der Waals surface area (Å²) in [6.07, 6.45) is 44.5. The first-order chi connectivity index (χ1) is 28.5. The smallest absolute Gasteiger partial charge is 0.462 e. The van der Waals surface area contributed by atoms with Crippen molar-refractivity contribution in [2.24, 2.45) is 0 Å². The van der Waals surface area contributed by atoms with Gasteiger partial charge in [-0.25, -0.2) is 4.57 Å². The second-order valence-corrected chi connectivity index (χ2v) is 20.0. The van der Waals surface area contributed by atoms with Gasteiger partial charge in [0.2, 0.25) is 0 Å². The summed E-state index contributed by atoms with van der Waals surface area (Å²) in [5.74, 6) is -0.780. The first-order valence-corrected chi connectivity index (χ1v) is 26.8. The quantitative estimate of drug-likeness (QED) is 0.0279. The third-order valence-electron chi connectivity index (χ3n) is 11.4. The highest BCUT2D eigenvalue weighted by Crippen LogP contribution is 2.43. The van der Waals surface area contributed by atoms with Gasteiger partial charge in [0.1, 0.15) is 19.8 Å². The number of carbonyl (C=O) groups excluding carboxylic acids is 2. The Hall–Kier alpha value is -0.990. The van der Waals surface area contributed by atoms with E-state index in [9.17, 15) is 19.0 Å². The van der Waals surface area contributed by atoms with E-state index >= 15 is 0 Å². The minimum atomic E-state index is -4.37. The van der Waals surface area contributed by atoms with E-state index < -0.39 is 26.5 Å². The minimum absolute atomic E-state index is 0.0369. The number of quaternary nitrogens is 1. The normalized spacial score (nSPS) is 13.4. The monoisotopic (exact) mass is 861 g/mol. The van der Waals surface area contributed by atoms with Gasteiger partial charge < -0.3 is 18.9 Å². The second-order valence-electron chi connectivity index (χ2n) is 18.6. The largest absolute Gasteiger partial charge is 0.472 e. The van der Waals surface area contributed by atoms with Gasteiger partial charge in [0.25, 0.3) is 0 Å². The molecule has 0 spiro atoms. The van der Waals surface area contributed by atoms with Crippen LogP contribution in [0.15, 0.2) is 0 Å². The molecule has 1 N–H and O–H groups in total. The molecule has 0 saturated heterocycles. The van der Waals surface area contributed by atoms with Gasteiger partial charge in [-0.1, -0.05) is 226 Å². The van der Waals surface area contributed by atoms with E-state index in [4.69, 9.17) is 18.5 Å². The summed E-state index contributed by atoms with van der Waals surface area (Å²) >= 11 is 0. The maximum Gasteiger partial charge on any atom is 0.472 e. The third kappa shape index (κ3) is 46.3. The molecule has 10 heteroatoms. The van der Waals surface area contributed by atoms with E-state index in [0.29, 0.717) is 17.4 Å². The molecule has 0 rings (SSSR count). The molecule has 0 aromatic heterocycles. The molecule has 0 aliphatic rings. The van der Waals surface area contributed by atoms with Crippen LogP contribution in [0.25, 0.3) is 0 Å². The molecular weight excluding hydrogens is 762 g/mol. The number of hydrogen-bond acceptors (Lipinski definition) is 7. The van der Waals surface area contributed by atoms with Gasteiger partial charge in [-0.15, -0.1) is 0 Å². The van der Waals surface area contributed by atoms with Gasteiger partial charge >= 0.3 is 19.8 Å². The number of likely N-dealkylation sites (N-methyl/N-ethyl adjacent to an activating group) is 1. The molecule has 0 radical (unpaired) electrons. The lowest BCUT2D eigenvalue weighted by Crippen LogP contribution is -2.37. The van der Waals surface area contributed by atoms with Gasteiger partial charge in [-0.2, -0.15) is 0 Å². The maximum atomic E-state index is 12.7. The molecule has 0 aromatic rings.